The van der Waals surface area contributed by atoms with E-state index >= 15 is 0 Å². The molecule has 1 rings (SSSR count). The zero-order valence-corrected chi connectivity index (χ0v) is 20.3. The molecule has 0 aromatic rings. The number of hydrogen-bond donors (Lipinski definition) is 0. The lowest BCUT2D eigenvalue weighted by atomic mass is 9.58. The summed E-state index contributed by atoms with van der Waals surface area (Å²) >= 11 is 0. The Morgan fingerprint density at radius 2 is 1.31 bits per heavy atom. The van der Waals surface area contributed by atoms with Crippen LogP contribution in [0.25, 0.3) is 0 Å². The molecule has 0 N–H and O–H groups in total. The first kappa shape index (κ1) is 24.0. The highest BCUT2D eigenvalue weighted by atomic mass is 14.5. The molecule has 7 atom stereocenters. The van der Waals surface area contributed by atoms with Crippen LogP contribution in [0.3, 0.4) is 0 Å². The molecule has 0 saturated heterocycles. The quantitative estimate of drug-likeness (QED) is 0.324. The van der Waals surface area contributed by atoms with Crippen LogP contribution in [0.4, 0.5) is 0 Å². The normalized spacial score (nSPS) is 25.8. The average molecular weight is 365 g/mol. The van der Waals surface area contributed by atoms with E-state index in [-0.39, 0.29) is 0 Å². The molecule has 0 radical (unpaired) electrons. The van der Waals surface area contributed by atoms with Crippen molar-refractivity contribution in [2.75, 3.05) is 0 Å². The van der Waals surface area contributed by atoms with Crippen LogP contribution >= 0.6 is 0 Å². The highest BCUT2D eigenvalue weighted by Gasteiger charge is 2.49. The molecule has 1 aliphatic carbocycles. The third kappa shape index (κ3) is 5.29. The van der Waals surface area contributed by atoms with Crippen LogP contribution in [0.2, 0.25) is 0 Å². The first-order valence-corrected chi connectivity index (χ1v) is 11.9. The van der Waals surface area contributed by atoms with Crippen LogP contribution in [0.1, 0.15) is 115 Å². The van der Waals surface area contributed by atoms with E-state index in [2.05, 4.69) is 76.2 Å². The molecule has 0 bridgehead atoms. The first-order valence-electron chi connectivity index (χ1n) is 11.9. The van der Waals surface area contributed by atoms with Gasteiger partial charge in [0, 0.05) is 0 Å². The van der Waals surface area contributed by atoms with Gasteiger partial charge in [-0.05, 0) is 65.1 Å². The molecule has 0 aliphatic heterocycles. The minimum atomic E-state index is 0.468. The predicted octanol–water partition coefficient (Wildman–Crippen LogP) is 8.85. The second-order valence-electron chi connectivity index (χ2n) is 11.2. The Morgan fingerprint density at radius 1 is 0.808 bits per heavy atom. The Hall–Kier alpha value is 0. The molecule has 0 heteroatoms. The smallest absolute Gasteiger partial charge is 0.0272 e. The Bertz CT molecular complexity index is 404. The molecule has 0 aromatic heterocycles. The lowest BCUT2D eigenvalue weighted by Gasteiger charge is -2.47. The van der Waals surface area contributed by atoms with Gasteiger partial charge in [-0.15, -0.1) is 0 Å². The van der Waals surface area contributed by atoms with Crippen LogP contribution in [-0.2, 0) is 0 Å². The van der Waals surface area contributed by atoms with Crippen LogP contribution in [-0.4, -0.2) is 0 Å². The second-order valence-corrected chi connectivity index (χ2v) is 11.2. The van der Waals surface area contributed by atoms with Gasteiger partial charge < -0.3 is 0 Å². The molecule has 1 fully saturated rings. The van der Waals surface area contributed by atoms with E-state index in [1.807, 2.05) is 0 Å². The largest absolute Gasteiger partial charge is 0.0651 e. The van der Waals surface area contributed by atoms with Crippen molar-refractivity contribution < 1.29 is 0 Å². The summed E-state index contributed by atoms with van der Waals surface area (Å²) in [5, 5.41) is 0. The number of rotatable bonds is 12. The van der Waals surface area contributed by atoms with Gasteiger partial charge in [0.2, 0.25) is 0 Å². The molecule has 0 amide bonds. The van der Waals surface area contributed by atoms with Gasteiger partial charge in [0.25, 0.3) is 0 Å². The van der Waals surface area contributed by atoms with Gasteiger partial charge in [0.05, 0.1) is 0 Å². The van der Waals surface area contributed by atoms with Crippen molar-refractivity contribution in [1.29, 1.82) is 0 Å². The summed E-state index contributed by atoms with van der Waals surface area (Å²) in [6, 6.07) is 0. The average Bonchev–Trinajstić information content (AvgIpc) is 3.35. The van der Waals surface area contributed by atoms with Gasteiger partial charge in [-0.25, -0.2) is 0 Å². The third-order valence-corrected chi connectivity index (χ3v) is 9.72. The maximum Gasteiger partial charge on any atom is -0.0272 e. The minimum absolute atomic E-state index is 0.468. The van der Waals surface area contributed by atoms with E-state index in [0.29, 0.717) is 10.8 Å². The monoisotopic (exact) mass is 364 g/mol. The minimum Gasteiger partial charge on any atom is -0.0651 e. The maximum atomic E-state index is 2.60. The molecule has 156 valence electrons. The van der Waals surface area contributed by atoms with Crippen molar-refractivity contribution in [1.82, 2.24) is 0 Å². The van der Waals surface area contributed by atoms with Crippen molar-refractivity contribution in [3.63, 3.8) is 0 Å². The Kier molecular flexibility index (Phi) is 8.75. The summed E-state index contributed by atoms with van der Waals surface area (Å²) in [5.74, 6) is 5.88. The second kappa shape index (κ2) is 9.47. The Balaban J connectivity index is 2.72. The highest BCUT2D eigenvalue weighted by molar-refractivity contribution is 4.99. The van der Waals surface area contributed by atoms with Gasteiger partial charge in [-0.2, -0.15) is 0 Å². The van der Waals surface area contributed by atoms with Crippen LogP contribution in [0.15, 0.2) is 0 Å². The molecular formula is C26H52. The van der Waals surface area contributed by atoms with Crippen molar-refractivity contribution in [3.8, 4) is 0 Å². The van der Waals surface area contributed by atoms with E-state index in [1.165, 1.54) is 38.5 Å². The maximum absolute atomic E-state index is 2.60. The lowest BCUT2D eigenvalue weighted by Crippen LogP contribution is -2.40. The van der Waals surface area contributed by atoms with Crippen molar-refractivity contribution >= 4 is 0 Å². The zero-order chi connectivity index (χ0) is 20.3. The first-order chi connectivity index (χ1) is 11.9. The Morgan fingerprint density at radius 3 is 1.69 bits per heavy atom. The van der Waals surface area contributed by atoms with Gasteiger partial charge in [0.1, 0.15) is 0 Å². The van der Waals surface area contributed by atoms with Gasteiger partial charge in [-0.1, -0.05) is 102 Å². The SMILES string of the molecule is CCC(C(C)C)C(C)CCC(C)C(C)C(C)(CC)C(C)C(C)C1(C)CC1. The van der Waals surface area contributed by atoms with E-state index in [9.17, 15) is 0 Å². The van der Waals surface area contributed by atoms with E-state index in [0.717, 1.165) is 41.4 Å². The summed E-state index contributed by atoms with van der Waals surface area (Å²) in [7, 11) is 0. The van der Waals surface area contributed by atoms with Crippen LogP contribution in [0.5, 0.6) is 0 Å². The fourth-order valence-corrected chi connectivity index (χ4v) is 6.06. The molecule has 7 unspecified atom stereocenters. The summed E-state index contributed by atoms with van der Waals surface area (Å²) < 4.78 is 0. The van der Waals surface area contributed by atoms with E-state index < -0.39 is 0 Å². The summed E-state index contributed by atoms with van der Waals surface area (Å²) in [6.45, 7) is 27.5. The van der Waals surface area contributed by atoms with Crippen molar-refractivity contribution in [2.45, 2.75) is 115 Å². The van der Waals surface area contributed by atoms with Crippen LogP contribution in [0, 0.1) is 52.3 Å². The topological polar surface area (TPSA) is 0 Å². The van der Waals surface area contributed by atoms with Gasteiger partial charge in [0.15, 0.2) is 0 Å². The number of hydrogen-bond acceptors (Lipinski definition) is 0. The summed E-state index contributed by atoms with van der Waals surface area (Å²) in [6.07, 6.45) is 8.37. The van der Waals surface area contributed by atoms with E-state index in [4.69, 9.17) is 0 Å². The van der Waals surface area contributed by atoms with Crippen LogP contribution < -0.4 is 0 Å². The van der Waals surface area contributed by atoms with Crippen molar-refractivity contribution in [3.05, 3.63) is 0 Å². The lowest BCUT2D eigenvalue weighted by molar-refractivity contribution is 0.0163. The van der Waals surface area contributed by atoms with E-state index in [1.54, 1.807) is 0 Å². The third-order valence-electron chi connectivity index (χ3n) is 9.72. The molecule has 26 heavy (non-hydrogen) atoms. The summed E-state index contributed by atoms with van der Waals surface area (Å²) in [5.41, 5.74) is 1.11. The van der Waals surface area contributed by atoms with Gasteiger partial charge in [-0.3, -0.25) is 0 Å². The molecule has 1 aliphatic rings. The molecular weight excluding hydrogens is 312 g/mol. The Labute approximate surface area is 167 Å². The molecule has 0 spiro atoms. The highest BCUT2D eigenvalue weighted by Crippen LogP contribution is 2.58. The predicted molar refractivity (Wildman–Crippen MR) is 119 cm³/mol. The van der Waals surface area contributed by atoms with Gasteiger partial charge >= 0.3 is 0 Å². The fourth-order valence-electron chi connectivity index (χ4n) is 6.06. The summed E-state index contributed by atoms with van der Waals surface area (Å²) in [4.78, 5) is 0. The molecule has 0 aromatic carbocycles. The standard InChI is InChI=1S/C26H52/c1-12-24(18(3)4)20(6)15-14-19(5)21(7)26(11,13-2)23(9)22(8)25(10)16-17-25/h18-24H,12-17H2,1-11H3. The molecule has 0 heterocycles. The molecule has 1 saturated carbocycles. The molecule has 0 nitrogen and oxygen atoms in total. The van der Waals surface area contributed by atoms with Crippen molar-refractivity contribution in [2.24, 2.45) is 52.3 Å². The fraction of sp³-hybridized carbons (Fsp3) is 1.00. The zero-order valence-electron chi connectivity index (χ0n) is 20.3.